The van der Waals surface area contributed by atoms with Crippen molar-refractivity contribution in [1.29, 1.82) is 0 Å². The van der Waals surface area contributed by atoms with E-state index in [0.717, 1.165) is 46.5 Å². The summed E-state index contributed by atoms with van der Waals surface area (Å²) in [6.45, 7) is 1.63. The Balaban J connectivity index is 1.92. The van der Waals surface area contributed by atoms with E-state index >= 15 is 0 Å². The minimum absolute atomic E-state index is 0.745. The van der Waals surface area contributed by atoms with Crippen LogP contribution < -0.4 is 4.90 Å². The third-order valence-electron chi connectivity index (χ3n) is 3.43. The Labute approximate surface area is 125 Å². The fourth-order valence-corrected chi connectivity index (χ4v) is 2.93. The molecule has 0 fully saturated rings. The van der Waals surface area contributed by atoms with Gasteiger partial charge in [-0.05, 0) is 33.6 Å². The molecule has 0 spiro atoms. The van der Waals surface area contributed by atoms with Crippen LogP contribution >= 0.6 is 15.9 Å². The molecule has 0 radical (unpaired) electrons. The van der Waals surface area contributed by atoms with Gasteiger partial charge < -0.3 is 10.1 Å². The van der Waals surface area contributed by atoms with Crippen LogP contribution in [0.1, 0.15) is 17.5 Å². The van der Waals surface area contributed by atoms with Crippen LogP contribution in [-0.4, -0.2) is 22.4 Å². The molecule has 1 aliphatic heterocycles. The fourth-order valence-electron chi connectivity index (χ4n) is 2.52. The Hall–Kier alpha value is -1.88. The number of halogens is 1. The van der Waals surface area contributed by atoms with Gasteiger partial charge in [-0.3, -0.25) is 4.98 Å². The highest BCUT2D eigenvalue weighted by Crippen LogP contribution is 2.28. The highest BCUT2D eigenvalue weighted by molar-refractivity contribution is 9.10. The van der Waals surface area contributed by atoms with Crippen molar-refractivity contribution >= 4 is 27.3 Å². The molecule has 2 aromatic rings. The molecule has 4 nitrogen and oxygen atoms in total. The monoisotopic (exact) mass is 331 g/mol. The summed E-state index contributed by atoms with van der Waals surface area (Å²) in [5.41, 5.74) is 4.01. The van der Waals surface area contributed by atoms with E-state index in [4.69, 9.17) is 5.21 Å². The molecule has 0 saturated carbocycles. The number of anilines is 1. The van der Waals surface area contributed by atoms with E-state index in [-0.39, 0.29) is 0 Å². The number of fused-ring (bicyclic) bond motifs is 1. The van der Waals surface area contributed by atoms with Gasteiger partial charge in [0.2, 0.25) is 0 Å². The number of rotatable bonds is 2. The van der Waals surface area contributed by atoms with Crippen LogP contribution in [0.2, 0.25) is 0 Å². The topological polar surface area (TPSA) is 48.7 Å². The number of pyridine rings is 1. The van der Waals surface area contributed by atoms with Gasteiger partial charge in [-0.2, -0.15) is 0 Å². The van der Waals surface area contributed by atoms with E-state index in [0.29, 0.717) is 0 Å². The fraction of sp³-hybridized carbons (Fsp3) is 0.200. The zero-order valence-corrected chi connectivity index (χ0v) is 12.4. The molecule has 0 amide bonds. The zero-order valence-electron chi connectivity index (χ0n) is 10.8. The maximum absolute atomic E-state index is 9.10. The molecule has 0 unspecified atom stereocenters. The molecule has 2 heterocycles. The van der Waals surface area contributed by atoms with Gasteiger partial charge in [0.25, 0.3) is 0 Å². The summed E-state index contributed by atoms with van der Waals surface area (Å²) >= 11 is 3.45. The molecular weight excluding hydrogens is 318 g/mol. The maximum atomic E-state index is 9.10. The largest absolute Gasteiger partial charge is 0.411 e. The first-order valence-corrected chi connectivity index (χ1v) is 7.22. The lowest BCUT2D eigenvalue weighted by Crippen LogP contribution is -2.31. The predicted octanol–water partition coefficient (Wildman–Crippen LogP) is 3.43. The summed E-state index contributed by atoms with van der Waals surface area (Å²) in [4.78, 5) is 6.48. The first kappa shape index (κ1) is 13.1. The number of hydrogen-bond donors (Lipinski definition) is 1. The van der Waals surface area contributed by atoms with E-state index in [2.05, 4.69) is 43.1 Å². The highest BCUT2D eigenvalue weighted by atomic mass is 79.9. The number of benzene rings is 1. The van der Waals surface area contributed by atoms with E-state index in [1.807, 2.05) is 24.4 Å². The second-order valence-corrected chi connectivity index (χ2v) is 5.66. The summed E-state index contributed by atoms with van der Waals surface area (Å²) in [6, 6.07) is 10.1. The minimum Gasteiger partial charge on any atom is -0.411 e. The van der Waals surface area contributed by atoms with Crippen molar-refractivity contribution in [3.05, 3.63) is 58.3 Å². The van der Waals surface area contributed by atoms with Crippen molar-refractivity contribution in [1.82, 2.24) is 4.98 Å². The zero-order chi connectivity index (χ0) is 13.9. The quantitative estimate of drug-likeness (QED) is 0.677. The Kier molecular flexibility index (Phi) is 3.69. The minimum atomic E-state index is 0.745. The molecular formula is C15H14BrN3O. The van der Waals surface area contributed by atoms with Gasteiger partial charge in [0.1, 0.15) is 0 Å². The SMILES string of the molecule is O/N=C1/CCN(Cc2cncc(Br)c2)c2ccccc21. The van der Waals surface area contributed by atoms with Crippen LogP contribution in [-0.2, 0) is 6.54 Å². The van der Waals surface area contributed by atoms with Crippen LogP contribution in [0.3, 0.4) is 0 Å². The first-order valence-electron chi connectivity index (χ1n) is 6.42. The molecule has 0 aliphatic carbocycles. The van der Waals surface area contributed by atoms with Crippen LogP contribution in [0.25, 0.3) is 0 Å². The molecule has 3 rings (SSSR count). The van der Waals surface area contributed by atoms with Crippen molar-refractivity contribution in [3.63, 3.8) is 0 Å². The van der Waals surface area contributed by atoms with Crippen LogP contribution in [0.15, 0.2) is 52.4 Å². The molecule has 1 aliphatic rings. The van der Waals surface area contributed by atoms with Crippen molar-refractivity contribution in [2.45, 2.75) is 13.0 Å². The average Bonchev–Trinajstić information content (AvgIpc) is 2.48. The lowest BCUT2D eigenvalue weighted by atomic mass is 9.99. The molecule has 102 valence electrons. The summed E-state index contributed by atoms with van der Waals surface area (Å²) in [6.07, 6.45) is 4.40. The number of aromatic nitrogens is 1. The molecule has 5 heteroatoms. The third-order valence-corrected chi connectivity index (χ3v) is 3.86. The second-order valence-electron chi connectivity index (χ2n) is 4.75. The second kappa shape index (κ2) is 5.63. The smallest absolute Gasteiger partial charge is 0.0906 e. The normalized spacial score (nSPS) is 16.2. The van der Waals surface area contributed by atoms with Crippen LogP contribution in [0.4, 0.5) is 5.69 Å². The van der Waals surface area contributed by atoms with E-state index < -0.39 is 0 Å². The summed E-state index contributed by atoms with van der Waals surface area (Å²) in [5, 5.41) is 12.5. The van der Waals surface area contributed by atoms with Gasteiger partial charge in [-0.1, -0.05) is 23.4 Å². The molecule has 0 bridgehead atoms. The summed E-state index contributed by atoms with van der Waals surface area (Å²) in [5.74, 6) is 0. The summed E-state index contributed by atoms with van der Waals surface area (Å²) < 4.78 is 0.984. The van der Waals surface area contributed by atoms with E-state index in [1.54, 1.807) is 6.20 Å². The molecule has 1 N–H and O–H groups in total. The van der Waals surface area contributed by atoms with Crippen LogP contribution in [0.5, 0.6) is 0 Å². The van der Waals surface area contributed by atoms with Crippen molar-refractivity contribution < 1.29 is 5.21 Å². The Morgan fingerprint density at radius 1 is 1.30 bits per heavy atom. The Bertz CT molecular complexity index is 657. The number of oxime groups is 1. The van der Waals surface area contributed by atoms with E-state index in [9.17, 15) is 0 Å². The Morgan fingerprint density at radius 3 is 2.95 bits per heavy atom. The molecule has 0 saturated heterocycles. The molecule has 1 aromatic heterocycles. The molecule has 0 atom stereocenters. The van der Waals surface area contributed by atoms with Crippen LogP contribution in [0, 0.1) is 0 Å². The van der Waals surface area contributed by atoms with Gasteiger partial charge in [0.15, 0.2) is 0 Å². The Morgan fingerprint density at radius 2 is 2.15 bits per heavy atom. The third kappa shape index (κ3) is 2.54. The van der Waals surface area contributed by atoms with Gasteiger partial charge in [-0.25, -0.2) is 0 Å². The lowest BCUT2D eigenvalue weighted by Gasteiger charge is -2.31. The number of hydrogen-bond acceptors (Lipinski definition) is 4. The van der Waals surface area contributed by atoms with Crippen molar-refractivity contribution in [2.75, 3.05) is 11.4 Å². The lowest BCUT2D eigenvalue weighted by molar-refractivity contribution is 0.317. The van der Waals surface area contributed by atoms with Crippen molar-refractivity contribution in [2.24, 2.45) is 5.16 Å². The highest BCUT2D eigenvalue weighted by Gasteiger charge is 2.21. The van der Waals surface area contributed by atoms with Gasteiger partial charge in [0, 0.05) is 47.6 Å². The van der Waals surface area contributed by atoms with E-state index in [1.165, 1.54) is 0 Å². The van der Waals surface area contributed by atoms with Crippen molar-refractivity contribution in [3.8, 4) is 0 Å². The average molecular weight is 332 g/mol. The number of para-hydroxylation sites is 1. The predicted molar refractivity (Wildman–Crippen MR) is 82.4 cm³/mol. The van der Waals surface area contributed by atoms with Gasteiger partial charge in [-0.15, -0.1) is 0 Å². The molecule has 20 heavy (non-hydrogen) atoms. The standard InChI is InChI=1S/C15H14BrN3O/c16-12-7-11(8-17-9-12)10-19-6-5-14(18-20)13-3-1-2-4-15(13)19/h1-4,7-9,20H,5-6,10H2/b18-14-. The summed E-state index contributed by atoms with van der Waals surface area (Å²) in [7, 11) is 0. The number of nitrogens with zero attached hydrogens (tertiary/aromatic N) is 3. The maximum Gasteiger partial charge on any atom is 0.0906 e. The van der Waals surface area contributed by atoms with Gasteiger partial charge >= 0.3 is 0 Å². The first-order chi connectivity index (χ1) is 9.78. The van der Waals surface area contributed by atoms with Gasteiger partial charge in [0.05, 0.1) is 5.71 Å². The molecule has 1 aromatic carbocycles.